The van der Waals surface area contributed by atoms with Crippen molar-refractivity contribution < 1.29 is 19.7 Å². The lowest BCUT2D eigenvalue weighted by Crippen LogP contribution is -2.16. The lowest BCUT2D eigenvalue weighted by atomic mass is 10.2. The van der Waals surface area contributed by atoms with E-state index in [2.05, 4.69) is 54.8 Å². The average molecular weight is 418 g/mol. The summed E-state index contributed by atoms with van der Waals surface area (Å²) in [7, 11) is -0.359. The van der Waals surface area contributed by atoms with Gasteiger partial charge in [-0.3, -0.25) is 0 Å². The molecule has 24 heavy (non-hydrogen) atoms. The maximum absolute atomic E-state index is 10.7. The smallest absolute Gasteiger partial charge is 0.354 e. The van der Waals surface area contributed by atoms with E-state index in [0.29, 0.717) is 28.0 Å². The van der Waals surface area contributed by atoms with Crippen molar-refractivity contribution >= 4 is 30.7 Å². The van der Waals surface area contributed by atoms with Crippen LogP contribution in [0.5, 0.6) is 5.88 Å². The minimum Gasteiger partial charge on any atom is -0.477 e. The van der Waals surface area contributed by atoms with Crippen molar-refractivity contribution in [3.8, 4) is 5.88 Å². The molecule has 2 N–H and O–H groups in total. The molecule has 0 radical (unpaired) electrons. The van der Waals surface area contributed by atoms with Gasteiger partial charge >= 0.3 is 5.97 Å². The van der Waals surface area contributed by atoms with Crippen molar-refractivity contribution in [1.82, 2.24) is 4.98 Å². The number of aliphatic hydroxyl groups is 1. The molecular weight excluding hydrogens is 390 g/mol. The van der Waals surface area contributed by atoms with Crippen LogP contribution in [0.25, 0.3) is 0 Å². The molecule has 2 rings (SSSR count). The van der Waals surface area contributed by atoms with Gasteiger partial charge in [-0.05, 0) is 51.4 Å². The predicted molar refractivity (Wildman–Crippen MR) is 102 cm³/mol. The van der Waals surface area contributed by atoms with Gasteiger partial charge < -0.3 is 14.9 Å². The Morgan fingerprint density at radius 3 is 2.38 bits per heavy atom. The Hall–Kier alpha value is -0.923. The molecule has 1 aliphatic carbocycles. The Kier molecular flexibility index (Phi) is 7.89. The van der Waals surface area contributed by atoms with E-state index in [1.807, 2.05) is 0 Å². The highest BCUT2D eigenvalue weighted by atomic mass is 79.9. The highest BCUT2D eigenvalue weighted by Crippen LogP contribution is 2.38. The second-order valence-corrected chi connectivity index (χ2v) is 12.5. The van der Waals surface area contributed by atoms with Gasteiger partial charge in [-0.2, -0.15) is 0 Å². The van der Waals surface area contributed by atoms with Crippen molar-refractivity contribution in [1.29, 1.82) is 0 Å². The molecule has 2 atom stereocenters. The summed E-state index contributed by atoms with van der Waals surface area (Å²) < 4.78 is 6.08. The number of carboxylic acids is 1. The van der Waals surface area contributed by atoms with E-state index < -0.39 is 5.97 Å². The van der Waals surface area contributed by atoms with Gasteiger partial charge in [-0.15, -0.1) is 0 Å². The number of carbonyl (C=O) groups is 1. The van der Waals surface area contributed by atoms with Crippen LogP contribution < -0.4 is 4.74 Å². The quantitative estimate of drug-likeness (QED) is 0.711. The van der Waals surface area contributed by atoms with E-state index in [9.17, 15) is 4.79 Å². The number of halogens is 1. The molecule has 1 saturated carbocycles. The molecule has 0 amide bonds. The molecule has 1 aromatic heterocycles. The van der Waals surface area contributed by atoms with E-state index in [1.165, 1.54) is 6.07 Å². The van der Waals surface area contributed by atoms with E-state index in [1.54, 1.807) is 6.07 Å². The first-order chi connectivity index (χ1) is 11.1. The number of aromatic nitrogens is 1. The Balaban J connectivity index is 0.000000351. The number of aromatic carboxylic acids is 1. The van der Waals surface area contributed by atoms with Crippen LogP contribution in [0, 0.1) is 11.8 Å². The second-order valence-electron chi connectivity index (χ2n) is 7.56. The van der Waals surface area contributed by atoms with Gasteiger partial charge in [0.05, 0.1) is 11.1 Å². The van der Waals surface area contributed by atoms with Crippen LogP contribution in [0.15, 0.2) is 16.6 Å². The third-order valence-corrected chi connectivity index (χ3v) is 8.57. The van der Waals surface area contributed by atoms with Crippen LogP contribution >= 0.6 is 15.9 Å². The largest absolute Gasteiger partial charge is 0.477 e. The zero-order chi connectivity index (χ0) is 18.5. The van der Waals surface area contributed by atoms with Gasteiger partial charge in [-0.1, -0.05) is 33.9 Å². The van der Waals surface area contributed by atoms with E-state index in [-0.39, 0.29) is 27.0 Å². The standard InChI is InChI=1S/C11H12BrNO4.C6H16Si/c12-8-1-2-9(11(15)16)13-10(8)17-5-7-3-6(7)4-14;1-6(2,3)7(4)5/h1-2,6-7,14H,3-5H2,(H,15,16);7H,1-5H3/t6-,7-;/m1./s1. The van der Waals surface area contributed by atoms with Crippen LogP contribution in [0.1, 0.15) is 37.7 Å². The van der Waals surface area contributed by atoms with E-state index in [4.69, 9.17) is 14.9 Å². The van der Waals surface area contributed by atoms with Crippen LogP contribution in [-0.2, 0) is 0 Å². The summed E-state index contributed by atoms with van der Waals surface area (Å²) in [5, 5.41) is 18.3. The molecule has 0 aromatic carbocycles. The zero-order valence-corrected chi connectivity index (χ0v) is 17.8. The molecule has 1 heterocycles. The molecule has 7 heteroatoms. The lowest BCUT2D eigenvalue weighted by molar-refractivity contribution is 0.0689. The fourth-order valence-electron chi connectivity index (χ4n) is 1.57. The molecule has 1 aliphatic rings. The summed E-state index contributed by atoms with van der Waals surface area (Å²) >= 11 is 3.25. The lowest BCUT2D eigenvalue weighted by Gasteiger charge is -2.21. The van der Waals surface area contributed by atoms with Crippen LogP contribution in [0.2, 0.25) is 18.1 Å². The van der Waals surface area contributed by atoms with Crippen molar-refractivity contribution in [2.75, 3.05) is 13.2 Å². The number of aliphatic hydroxyl groups excluding tert-OH is 1. The number of pyridine rings is 1. The number of hydrogen-bond acceptors (Lipinski definition) is 4. The highest BCUT2D eigenvalue weighted by molar-refractivity contribution is 9.10. The monoisotopic (exact) mass is 417 g/mol. The maximum atomic E-state index is 10.7. The molecule has 0 saturated heterocycles. The Labute approximate surface area is 154 Å². The van der Waals surface area contributed by atoms with Crippen molar-refractivity contribution in [3.05, 3.63) is 22.3 Å². The number of rotatable bonds is 5. The summed E-state index contributed by atoms with van der Waals surface area (Å²) in [4.78, 5) is 14.6. The van der Waals surface area contributed by atoms with Gasteiger partial charge in [0.2, 0.25) is 5.88 Å². The van der Waals surface area contributed by atoms with Crippen LogP contribution in [0.3, 0.4) is 0 Å². The van der Waals surface area contributed by atoms with Gasteiger partial charge in [0.15, 0.2) is 5.69 Å². The second kappa shape index (κ2) is 8.96. The number of hydrogen-bond donors (Lipinski definition) is 2. The fourth-order valence-corrected chi connectivity index (χ4v) is 1.90. The zero-order valence-electron chi connectivity index (χ0n) is 15.0. The molecule has 1 aromatic rings. The average Bonchev–Trinajstić information content (AvgIpc) is 3.24. The van der Waals surface area contributed by atoms with Crippen molar-refractivity contribution in [2.45, 2.75) is 45.3 Å². The Bertz CT molecular complexity index is 560. The molecule has 5 nitrogen and oxygen atoms in total. The maximum Gasteiger partial charge on any atom is 0.354 e. The molecule has 0 aliphatic heterocycles. The molecule has 0 spiro atoms. The fraction of sp³-hybridized carbons (Fsp3) is 0.647. The van der Waals surface area contributed by atoms with E-state index >= 15 is 0 Å². The molecule has 0 bridgehead atoms. The van der Waals surface area contributed by atoms with Crippen molar-refractivity contribution in [2.24, 2.45) is 11.8 Å². The Morgan fingerprint density at radius 1 is 1.38 bits per heavy atom. The molecule has 136 valence electrons. The summed E-state index contributed by atoms with van der Waals surface area (Å²) in [5.41, 5.74) is -0.0438. The number of carboxylic acid groups (broad SMARTS) is 1. The summed E-state index contributed by atoms with van der Waals surface area (Å²) in [6.45, 7) is 12.4. The van der Waals surface area contributed by atoms with Crippen molar-refractivity contribution in [3.63, 3.8) is 0 Å². The minimum atomic E-state index is -1.08. The number of ether oxygens (including phenoxy) is 1. The summed E-state index contributed by atoms with van der Waals surface area (Å²) in [5.74, 6) is -0.130. The first-order valence-electron chi connectivity index (χ1n) is 8.19. The van der Waals surface area contributed by atoms with E-state index in [0.717, 1.165) is 6.42 Å². The van der Waals surface area contributed by atoms with Gasteiger partial charge in [0.1, 0.15) is 0 Å². The molecule has 0 unspecified atom stereocenters. The van der Waals surface area contributed by atoms with Gasteiger partial charge in [0.25, 0.3) is 0 Å². The predicted octanol–water partition coefficient (Wildman–Crippen LogP) is 3.82. The normalized spacial score (nSPS) is 19.5. The summed E-state index contributed by atoms with van der Waals surface area (Å²) in [6, 6.07) is 3.01. The first-order valence-corrected chi connectivity index (χ1v) is 11.9. The van der Waals surface area contributed by atoms with Gasteiger partial charge in [-0.25, -0.2) is 9.78 Å². The highest BCUT2D eigenvalue weighted by Gasteiger charge is 2.37. The molecular formula is C17H28BrNO4Si. The SMILES string of the molecule is C[SiH](C)C(C)(C)C.O=C(O)c1ccc(Br)c(OC[C@H]2C[C@@H]2CO)n1. The van der Waals surface area contributed by atoms with Crippen LogP contribution in [-0.4, -0.2) is 43.2 Å². The minimum absolute atomic E-state index is 0.0438. The molecule has 1 fully saturated rings. The topological polar surface area (TPSA) is 79.7 Å². The third-order valence-electron chi connectivity index (χ3n) is 4.50. The summed E-state index contributed by atoms with van der Waals surface area (Å²) in [6.07, 6.45) is 0.951. The van der Waals surface area contributed by atoms with Gasteiger partial charge in [0, 0.05) is 15.4 Å². The first kappa shape index (κ1) is 21.1. The van der Waals surface area contributed by atoms with Crippen LogP contribution in [0.4, 0.5) is 0 Å². The number of nitrogens with zero attached hydrogens (tertiary/aromatic N) is 1. The Morgan fingerprint density at radius 2 is 1.96 bits per heavy atom. The third kappa shape index (κ3) is 6.90.